The van der Waals surface area contributed by atoms with Gasteiger partial charge >= 0.3 is 0 Å². The number of benzene rings is 2. The van der Waals surface area contributed by atoms with Crippen molar-refractivity contribution in [1.82, 2.24) is 0 Å². The van der Waals surface area contributed by atoms with E-state index in [-0.39, 0.29) is 4.90 Å². The topological polar surface area (TPSA) is 75.4 Å². The molecule has 0 aliphatic rings. The lowest BCUT2D eigenvalue weighted by atomic mass is 10.2. The van der Waals surface area contributed by atoms with Gasteiger partial charge in [0.1, 0.15) is 0 Å². The standard InChI is InChI=1S/C15H19N3O2S/c1-11-7-12(16)9-15(8-11)21(19,20)17-13-5-4-6-14(10-13)18(2)3/h4-10,17H,16H2,1-3H3. The van der Waals surface area contributed by atoms with E-state index in [2.05, 4.69) is 4.72 Å². The number of nitrogens with two attached hydrogens (primary N) is 1. The van der Waals surface area contributed by atoms with Crippen LogP contribution in [0.1, 0.15) is 5.56 Å². The molecule has 2 aromatic carbocycles. The number of hydrogen-bond acceptors (Lipinski definition) is 4. The second kappa shape index (κ2) is 5.65. The number of sulfonamides is 1. The molecule has 2 aromatic rings. The minimum absolute atomic E-state index is 0.162. The fraction of sp³-hybridized carbons (Fsp3) is 0.200. The van der Waals surface area contributed by atoms with Gasteiger partial charge in [-0.1, -0.05) is 6.07 Å². The van der Waals surface area contributed by atoms with Gasteiger partial charge in [-0.25, -0.2) is 8.42 Å². The molecule has 21 heavy (non-hydrogen) atoms. The summed E-state index contributed by atoms with van der Waals surface area (Å²) in [5.41, 5.74) is 8.38. The Morgan fingerprint density at radius 3 is 2.43 bits per heavy atom. The van der Waals surface area contributed by atoms with Crippen molar-refractivity contribution in [2.75, 3.05) is 29.5 Å². The Morgan fingerprint density at radius 1 is 1.10 bits per heavy atom. The smallest absolute Gasteiger partial charge is 0.261 e. The zero-order valence-corrected chi connectivity index (χ0v) is 13.1. The summed E-state index contributed by atoms with van der Waals surface area (Å²) in [7, 11) is 0.146. The second-order valence-corrected chi connectivity index (χ2v) is 6.81. The van der Waals surface area contributed by atoms with Crippen molar-refractivity contribution in [3.8, 4) is 0 Å². The van der Waals surface area contributed by atoms with E-state index in [0.29, 0.717) is 11.4 Å². The van der Waals surface area contributed by atoms with Crippen LogP contribution >= 0.6 is 0 Å². The van der Waals surface area contributed by atoms with E-state index in [1.165, 1.54) is 6.07 Å². The number of nitrogens with zero attached hydrogens (tertiary/aromatic N) is 1. The normalized spacial score (nSPS) is 11.2. The Labute approximate surface area is 125 Å². The molecule has 2 rings (SSSR count). The van der Waals surface area contributed by atoms with Crippen LogP contribution in [0.4, 0.5) is 17.1 Å². The summed E-state index contributed by atoms with van der Waals surface area (Å²) in [6.45, 7) is 1.81. The Hall–Kier alpha value is -2.21. The van der Waals surface area contributed by atoms with Gasteiger partial charge in [0.2, 0.25) is 0 Å². The lowest BCUT2D eigenvalue weighted by molar-refractivity contribution is 0.601. The highest BCUT2D eigenvalue weighted by molar-refractivity contribution is 7.92. The fourth-order valence-electron chi connectivity index (χ4n) is 1.99. The Morgan fingerprint density at radius 2 is 1.81 bits per heavy atom. The molecule has 0 amide bonds. The quantitative estimate of drug-likeness (QED) is 0.851. The second-order valence-electron chi connectivity index (χ2n) is 5.13. The van der Waals surface area contributed by atoms with E-state index in [1.54, 1.807) is 30.3 Å². The molecule has 6 heteroatoms. The van der Waals surface area contributed by atoms with Crippen molar-refractivity contribution in [2.24, 2.45) is 0 Å². The predicted molar refractivity (Wildman–Crippen MR) is 87.2 cm³/mol. The lowest BCUT2D eigenvalue weighted by Gasteiger charge is -2.15. The first kappa shape index (κ1) is 15.2. The third-order valence-electron chi connectivity index (χ3n) is 3.00. The minimum atomic E-state index is -3.65. The average Bonchev–Trinajstić information content (AvgIpc) is 2.37. The first-order valence-corrected chi connectivity index (χ1v) is 7.93. The molecule has 112 valence electrons. The van der Waals surface area contributed by atoms with Crippen molar-refractivity contribution in [3.63, 3.8) is 0 Å². The zero-order chi connectivity index (χ0) is 15.6. The molecule has 0 heterocycles. The number of nitrogens with one attached hydrogen (secondary N) is 1. The van der Waals surface area contributed by atoms with Gasteiger partial charge in [-0.3, -0.25) is 4.72 Å². The van der Waals surface area contributed by atoms with E-state index in [4.69, 9.17) is 5.73 Å². The summed E-state index contributed by atoms with van der Waals surface area (Å²) >= 11 is 0. The van der Waals surface area contributed by atoms with Crippen LogP contribution in [0.3, 0.4) is 0 Å². The van der Waals surface area contributed by atoms with Gasteiger partial charge in [0, 0.05) is 25.5 Å². The highest BCUT2D eigenvalue weighted by Crippen LogP contribution is 2.22. The maximum absolute atomic E-state index is 12.4. The van der Waals surface area contributed by atoms with Crippen molar-refractivity contribution in [3.05, 3.63) is 48.0 Å². The number of nitrogen functional groups attached to an aromatic ring is 1. The van der Waals surface area contributed by atoms with Crippen LogP contribution in [0.15, 0.2) is 47.4 Å². The summed E-state index contributed by atoms with van der Waals surface area (Å²) < 4.78 is 27.4. The van der Waals surface area contributed by atoms with Crippen LogP contribution in [0.25, 0.3) is 0 Å². The number of rotatable bonds is 4. The third-order valence-corrected chi connectivity index (χ3v) is 4.36. The van der Waals surface area contributed by atoms with Crippen LogP contribution in [0, 0.1) is 6.92 Å². The molecule has 0 aliphatic heterocycles. The SMILES string of the molecule is Cc1cc(N)cc(S(=O)(=O)Nc2cccc(N(C)C)c2)c1. The molecule has 0 aromatic heterocycles. The van der Waals surface area contributed by atoms with Crippen LogP contribution in [-0.4, -0.2) is 22.5 Å². The van der Waals surface area contributed by atoms with Crippen molar-refractivity contribution < 1.29 is 8.42 Å². The Kier molecular flexibility index (Phi) is 4.09. The van der Waals surface area contributed by atoms with E-state index < -0.39 is 10.0 Å². The van der Waals surface area contributed by atoms with Gasteiger partial charge in [-0.05, 0) is 48.9 Å². The highest BCUT2D eigenvalue weighted by atomic mass is 32.2. The molecule has 0 saturated heterocycles. The molecule has 0 unspecified atom stereocenters. The number of anilines is 3. The number of aryl methyl sites for hydroxylation is 1. The molecule has 0 saturated carbocycles. The van der Waals surface area contributed by atoms with Gasteiger partial charge in [0.15, 0.2) is 0 Å². The van der Waals surface area contributed by atoms with Crippen molar-refractivity contribution in [2.45, 2.75) is 11.8 Å². The molecule has 0 bridgehead atoms. The van der Waals surface area contributed by atoms with Gasteiger partial charge in [-0.2, -0.15) is 0 Å². The van der Waals surface area contributed by atoms with Gasteiger partial charge in [0.05, 0.1) is 10.6 Å². The maximum Gasteiger partial charge on any atom is 0.261 e. The first-order valence-electron chi connectivity index (χ1n) is 6.45. The van der Waals surface area contributed by atoms with E-state index in [1.807, 2.05) is 32.0 Å². The van der Waals surface area contributed by atoms with Gasteiger partial charge < -0.3 is 10.6 Å². The minimum Gasteiger partial charge on any atom is -0.399 e. The van der Waals surface area contributed by atoms with Crippen molar-refractivity contribution >= 4 is 27.1 Å². The largest absolute Gasteiger partial charge is 0.399 e. The predicted octanol–water partition coefficient (Wildman–Crippen LogP) is 2.44. The Bertz CT molecular complexity index is 735. The van der Waals surface area contributed by atoms with Crippen LogP contribution in [0.2, 0.25) is 0 Å². The summed E-state index contributed by atoms with van der Waals surface area (Å²) in [6.07, 6.45) is 0. The van der Waals surface area contributed by atoms with E-state index in [0.717, 1.165) is 11.3 Å². The average molecular weight is 305 g/mol. The Balaban J connectivity index is 2.35. The molecule has 0 spiro atoms. The van der Waals surface area contributed by atoms with Crippen molar-refractivity contribution in [1.29, 1.82) is 0 Å². The first-order chi connectivity index (χ1) is 9.78. The molecule has 5 nitrogen and oxygen atoms in total. The fourth-order valence-corrected chi connectivity index (χ4v) is 3.18. The van der Waals surface area contributed by atoms with Gasteiger partial charge in [-0.15, -0.1) is 0 Å². The van der Waals surface area contributed by atoms with E-state index >= 15 is 0 Å². The van der Waals surface area contributed by atoms with Crippen LogP contribution < -0.4 is 15.4 Å². The van der Waals surface area contributed by atoms with E-state index in [9.17, 15) is 8.42 Å². The zero-order valence-electron chi connectivity index (χ0n) is 12.3. The molecule has 0 fully saturated rings. The maximum atomic E-state index is 12.4. The summed E-state index contributed by atoms with van der Waals surface area (Å²) in [5, 5.41) is 0. The third kappa shape index (κ3) is 3.66. The van der Waals surface area contributed by atoms with Crippen LogP contribution in [0.5, 0.6) is 0 Å². The number of hydrogen-bond donors (Lipinski definition) is 2. The summed E-state index contributed by atoms with van der Waals surface area (Å²) in [5.74, 6) is 0. The summed E-state index contributed by atoms with van der Waals surface area (Å²) in [4.78, 5) is 2.07. The molecular weight excluding hydrogens is 286 g/mol. The molecule has 0 radical (unpaired) electrons. The van der Waals surface area contributed by atoms with Gasteiger partial charge in [0.25, 0.3) is 10.0 Å². The molecular formula is C15H19N3O2S. The molecule has 3 N–H and O–H groups in total. The molecule has 0 aliphatic carbocycles. The summed E-state index contributed by atoms with van der Waals surface area (Å²) in [6, 6.07) is 12.0. The van der Waals surface area contributed by atoms with Crippen LogP contribution in [-0.2, 0) is 10.0 Å². The monoisotopic (exact) mass is 305 g/mol. The molecule has 0 atom stereocenters. The lowest BCUT2D eigenvalue weighted by Crippen LogP contribution is -2.14. The highest BCUT2D eigenvalue weighted by Gasteiger charge is 2.15.